The van der Waals surface area contributed by atoms with E-state index in [1.807, 2.05) is 32.0 Å². The third-order valence-corrected chi connectivity index (χ3v) is 3.97. The van der Waals surface area contributed by atoms with E-state index in [2.05, 4.69) is 5.32 Å². The normalized spacial score (nSPS) is 12.2. The highest BCUT2D eigenvalue weighted by molar-refractivity contribution is 7.99. The van der Waals surface area contributed by atoms with E-state index in [4.69, 9.17) is 16.7 Å². The Kier molecular flexibility index (Phi) is 7.61. The summed E-state index contributed by atoms with van der Waals surface area (Å²) in [6, 6.07) is 6.64. The molecule has 4 nitrogen and oxygen atoms in total. The van der Waals surface area contributed by atoms with Gasteiger partial charge in [-0.2, -0.15) is 0 Å². The summed E-state index contributed by atoms with van der Waals surface area (Å²) < 4.78 is 0. The Bertz CT molecular complexity index is 494. The Morgan fingerprint density at radius 2 is 2.10 bits per heavy atom. The number of hydrogen-bond donors (Lipinski definition) is 2. The van der Waals surface area contributed by atoms with Crippen molar-refractivity contribution in [1.29, 1.82) is 0 Å². The fourth-order valence-electron chi connectivity index (χ4n) is 1.82. The summed E-state index contributed by atoms with van der Waals surface area (Å²) in [6.45, 7) is 3.85. The number of nitrogens with one attached hydrogen (secondary N) is 1. The minimum absolute atomic E-state index is 0.213. The molecule has 0 aliphatic rings. The van der Waals surface area contributed by atoms with Gasteiger partial charge in [0.15, 0.2) is 0 Å². The number of benzene rings is 1. The topological polar surface area (TPSA) is 66.4 Å². The first kappa shape index (κ1) is 17.9. The molecule has 0 radical (unpaired) electrons. The van der Waals surface area contributed by atoms with Crippen LogP contribution in [0.1, 0.15) is 25.8 Å². The van der Waals surface area contributed by atoms with Gasteiger partial charge < -0.3 is 10.4 Å². The van der Waals surface area contributed by atoms with Gasteiger partial charge in [0.05, 0.1) is 5.75 Å². The van der Waals surface area contributed by atoms with Crippen LogP contribution < -0.4 is 5.32 Å². The molecule has 0 aliphatic heterocycles. The smallest absolute Gasteiger partial charge is 0.326 e. The highest BCUT2D eigenvalue weighted by atomic mass is 35.5. The molecule has 0 bridgehead atoms. The predicted octanol–water partition coefficient (Wildman–Crippen LogP) is 3.19. The molecular weight excluding hydrogens is 310 g/mol. The van der Waals surface area contributed by atoms with E-state index in [0.717, 1.165) is 5.56 Å². The maximum Gasteiger partial charge on any atom is 0.326 e. The van der Waals surface area contributed by atoms with Crippen molar-refractivity contribution in [2.24, 2.45) is 5.92 Å². The second-order valence-electron chi connectivity index (χ2n) is 5.21. The number of carbonyl (C=O) groups is 2. The maximum absolute atomic E-state index is 11.8. The van der Waals surface area contributed by atoms with Gasteiger partial charge in [0.25, 0.3) is 0 Å². The Labute approximate surface area is 134 Å². The van der Waals surface area contributed by atoms with Gasteiger partial charge in [-0.05, 0) is 30.0 Å². The van der Waals surface area contributed by atoms with Crippen LogP contribution in [0, 0.1) is 5.92 Å². The second kappa shape index (κ2) is 8.95. The number of hydrogen-bond acceptors (Lipinski definition) is 3. The molecule has 0 saturated carbocycles. The van der Waals surface area contributed by atoms with Crippen LogP contribution in [0.3, 0.4) is 0 Å². The van der Waals surface area contributed by atoms with Crippen molar-refractivity contribution in [3.63, 3.8) is 0 Å². The van der Waals surface area contributed by atoms with Crippen molar-refractivity contribution in [2.75, 3.05) is 5.75 Å². The molecule has 0 aromatic heterocycles. The summed E-state index contributed by atoms with van der Waals surface area (Å²) in [5, 5.41) is 12.3. The fourth-order valence-corrected chi connectivity index (χ4v) is 2.82. The molecular formula is C15H20ClNO3S. The summed E-state index contributed by atoms with van der Waals surface area (Å²) in [6.07, 6.45) is 0.431. The van der Waals surface area contributed by atoms with Crippen LogP contribution in [-0.2, 0) is 15.3 Å². The number of halogens is 1. The molecule has 1 rings (SSSR count). The highest BCUT2D eigenvalue weighted by Crippen LogP contribution is 2.16. The minimum atomic E-state index is -0.989. The molecule has 1 amide bonds. The van der Waals surface area contributed by atoms with Crippen molar-refractivity contribution in [2.45, 2.75) is 32.1 Å². The Hall–Kier alpha value is -1.20. The van der Waals surface area contributed by atoms with E-state index >= 15 is 0 Å². The van der Waals surface area contributed by atoms with Gasteiger partial charge in [-0.15, -0.1) is 11.8 Å². The second-order valence-corrected chi connectivity index (χ2v) is 6.63. The first-order valence-electron chi connectivity index (χ1n) is 6.73. The Morgan fingerprint density at radius 3 is 2.67 bits per heavy atom. The molecule has 21 heavy (non-hydrogen) atoms. The van der Waals surface area contributed by atoms with Crippen LogP contribution >= 0.6 is 23.4 Å². The van der Waals surface area contributed by atoms with Crippen molar-refractivity contribution in [1.82, 2.24) is 5.32 Å². The lowest BCUT2D eigenvalue weighted by Crippen LogP contribution is -2.42. The van der Waals surface area contributed by atoms with Gasteiger partial charge in [0, 0.05) is 10.8 Å². The van der Waals surface area contributed by atoms with E-state index in [0.29, 0.717) is 17.2 Å². The van der Waals surface area contributed by atoms with Crippen molar-refractivity contribution >= 4 is 35.2 Å². The van der Waals surface area contributed by atoms with Gasteiger partial charge in [-0.1, -0.05) is 37.6 Å². The van der Waals surface area contributed by atoms with Gasteiger partial charge in [-0.3, -0.25) is 4.79 Å². The van der Waals surface area contributed by atoms with Crippen molar-refractivity contribution in [3.8, 4) is 0 Å². The van der Waals surface area contributed by atoms with E-state index in [-0.39, 0.29) is 17.6 Å². The summed E-state index contributed by atoms with van der Waals surface area (Å²) >= 11 is 7.32. The average molecular weight is 330 g/mol. The first-order valence-corrected chi connectivity index (χ1v) is 8.26. The molecule has 2 N–H and O–H groups in total. The molecule has 0 aliphatic carbocycles. The summed E-state index contributed by atoms with van der Waals surface area (Å²) in [5.74, 6) is -0.137. The third kappa shape index (κ3) is 7.39. The number of carboxylic acid groups (broad SMARTS) is 1. The molecule has 1 aromatic rings. The van der Waals surface area contributed by atoms with E-state index in [9.17, 15) is 9.59 Å². The number of carbonyl (C=O) groups excluding carboxylic acids is 1. The Morgan fingerprint density at radius 1 is 1.38 bits per heavy atom. The minimum Gasteiger partial charge on any atom is -0.480 e. The van der Waals surface area contributed by atoms with Gasteiger partial charge in [-0.25, -0.2) is 4.79 Å². The molecule has 0 spiro atoms. The van der Waals surface area contributed by atoms with Gasteiger partial charge in [0.1, 0.15) is 6.04 Å². The molecule has 0 saturated heterocycles. The monoisotopic (exact) mass is 329 g/mol. The summed E-state index contributed by atoms with van der Waals surface area (Å²) in [4.78, 5) is 22.8. The van der Waals surface area contributed by atoms with Crippen LogP contribution in [-0.4, -0.2) is 28.8 Å². The Balaban J connectivity index is 2.37. The van der Waals surface area contributed by atoms with Crippen LogP contribution in [0.4, 0.5) is 0 Å². The van der Waals surface area contributed by atoms with Gasteiger partial charge in [0.2, 0.25) is 5.91 Å². The standard InChI is InChI=1S/C15H20ClNO3S/c1-10(2)6-13(15(19)20)17-14(18)9-21-8-11-4-3-5-12(16)7-11/h3-5,7,10,13H,6,8-9H2,1-2H3,(H,17,18)(H,19,20)/t13-/m1/s1. The predicted molar refractivity (Wildman–Crippen MR) is 86.6 cm³/mol. The zero-order valence-electron chi connectivity index (χ0n) is 12.1. The van der Waals surface area contributed by atoms with E-state index in [1.165, 1.54) is 11.8 Å². The largest absolute Gasteiger partial charge is 0.480 e. The first-order chi connectivity index (χ1) is 9.88. The van der Waals surface area contributed by atoms with Crippen LogP contribution in [0.15, 0.2) is 24.3 Å². The van der Waals surface area contributed by atoms with Crippen molar-refractivity contribution in [3.05, 3.63) is 34.9 Å². The van der Waals surface area contributed by atoms with Crippen LogP contribution in [0.25, 0.3) is 0 Å². The molecule has 1 atom stereocenters. The van der Waals surface area contributed by atoms with Crippen LogP contribution in [0.5, 0.6) is 0 Å². The SMILES string of the molecule is CC(C)C[C@@H](NC(=O)CSCc1cccc(Cl)c1)C(=O)O. The summed E-state index contributed by atoms with van der Waals surface area (Å²) in [5.41, 5.74) is 1.04. The number of rotatable bonds is 8. The lowest BCUT2D eigenvalue weighted by molar-refractivity contribution is -0.141. The molecule has 0 heterocycles. The quantitative estimate of drug-likeness (QED) is 0.768. The molecule has 1 aromatic carbocycles. The zero-order valence-corrected chi connectivity index (χ0v) is 13.7. The third-order valence-electron chi connectivity index (χ3n) is 2.73. The fraction of sp³-hybridized carbons (Fsp3) is 0.467. The van der Waals surface area contributed by atoms with Crippen molar-refractivity contribution < 1.29 is 14.7 Å². The van der Waals surface area contributed by atoms with Crippen LogP contribution in [0.2, 0.25) is 5.02 Å². The lowest BCUT2D eigenvalue weighted by Gasteiger charge is -2.16. The highest BCUT2D eigenvalue weighted by Gasteiger charge is 2.20. The van der Waals surface area contributed by atoms with E-state index < -0.39 is 12.0 Å². The number of amides is 1. The van der Waals surface area contributed by atoms with E-state index in [1.54, 1.807) is 6.07 Å². The number of thioether (sulfide) groups is 1. The zero-order chi connectivity index (χ0) is 15.8. The van der Waals surface area contributed by atoms with Gasteiger partial charge >= 0.3 is 5.97 Å². The summed E-state index contributed by atoms with van der Waals surface area (Å²) in [7, 11) is 0. The maximum atomic E-state index is 11.8. The number of carboxylic acids is 1. The number of aliphatic carboxylic acids is 1. The molecule has 116 valence electrons. The lowest BCUT2D eigenvalue weighted by atomic mass is 10.0. The average Bonchev–Trinajstić information content (AvgIpc) is 2.37. The molecule has 0 unspecified atom stereocenters. The molecule has 6 heteroatoms. The molecule has 0 fully saturated rings.